The molecule has 1 saturated carbocycles. The lowest BCUT2D eigenvalue weighted by atomic mass is 9.50. The summed E-state index contributed by atoms with van der Waals surface area (Å²) in [6.07, 6.45) is 7.75. The molecule has 4 rings (SSSR count). The molecular formula is C32H46OSi. The van der Waals surface area contributed by atoms with Gasteiger partial charge in [0.1, 0.15) is 0 Å². The van der Waals surface area contributed by atoms with Gasteiger partial charge in [-0.1, -0.05) is 120 Å². The molecular weight excluding hydrogens is 428 g/mol. The quantitative estimate of drug-likeness (QED) is 0.305. The molecule has 2 aromatic carbocycles. The van der Waals surface area contributed by atoms with Crippen LogP contribution in [0.5, 0.6) is 0 Å². The van der Waals surface area contributed by atoms with Gasteiger partial charge in [-0.3, -0.25) is 0 Å². The topological polar surface area (TPSA) is 9.23 Å². The lowest BCUT2D eigenvalue weighted by Gasteiger charge is -2.55. The number of allylic oxidation sites excluding steroid dienone is 1. The first-order valence-corrected chi connectivity index (χ1v) is 15.4. The molecule has 0 saturated heterocycles. The predicted octanol–water partition coefficient (Wildman–Crippen LogP) is 7.90. The number of hydrogen-bond acceptors (Lipinski definition) is 1. The highest BCUT2D eigenvalue weighted by molar-refractivity contribution is 6.99. The molecule has 0 aromatic heterocycles. The van der Waals surface area contributed by atoms with Crippen LogP contribution in [-0.4, -0.2) is 14.9 Å². The van der Waals surface area contributed by atoms with Gasteiger partial charge in [-0.25, -0.2) is 0 Å². The Morgan fingerprint density at radius 1 is 0.882 bits per heavy atom. The summed E-state index contributed by atoms with van der Waals surface area (Å²) in [7, 11) is -2.47. The molecule has 2 aliphatic rings. The molecule has 0 heterocycles. The summed E-state index contributed by atoms with van der Waals surface area (Å²) >= 11 is 0. The highest BCUT2D eigenvalue weighted by Crippen LogP contribution is 2.60. The minimum Gasteiger partial charge on any atom is -0.407 e. The second kappa shape index (κ2) is 9.43. The molecule has 0 radical (unpaired) electrons. The van der Waals surface area contributed by atoms with E-state index in [1.807, 2.05) is 0 Å². The van der Waals surface area contributed by atoms with Crippen LogP contribution < -0.4 is 10.4 Å². The average molecular weight is 475 g/mol. The highest BCUT2D eigenvalue weighted by atomic mass is 28.4. The van der Waals surface area contributed by atoms with Crippen LogP contribution in [0.15, 0.2) is 71.8 Å². The van der Waals surface area contributed by atoms with Crippen LogP contribution in [0, 0.1) is 16.7 Å². The standard InChI is InChI=1S/C32H46OSi/c1-25-19-20-29-31(5,6)22-14-23-32(29,7)28(25)21-24-33-34(30(2,3)4,26-15-10-8-11-16-26)27-17-12-9-13-18-27/h8-13,15-18,29H,14,19-24H2,1-7H3/t29-,32+/m0/s1. The normalized spacial score (nSPS) is 25.2. The van der Waals surface area contributed by atoms with Gasteiger partial charge in [-0.15, -0.1) is 0 Å². The van der Waals surface area contributed by atoms with Gasteiger partial charge in [-0.05, 0) is 71.2 Å². The van der Waals surface area contributed by atoms with Crippen molar-refractivity contribution >= 4 is 18.7 Å². The number of fused-ring (bicyclic) bond motifs is 1. The molecule has 2 heteroatoms. The van der Waals surface area contributed by atoms with Crippen molar-refractivity contribution in [1.82, 2.24) is 0 Å². The zero-order chi connectivity index (χ0) is 24.6. The fourth-order valence-electron chi connectivity index (χ4n) is 7.76. The maximum absolute atomic E-state index is 7.30. The van der Waals surface area contributed by atoms with Crippen molar-refractivity contribution in [3.63, 3.8) is 0 Å². The molecule has 184 valence electrons. The van der Waals surface area contributed by atoms with E-state index in [1.54, 1.807) is 11.1 Å². The molecule has 0 bridgehead atoms. The van der Waals surface area contributed by atoms with Gasteiger partial charge in [0.2, 0.25) is 0 Å². The summed E-state index contributed by atoms with van der Waals surface area (Å²) in [5, 5.41) is 2.79. The predicted molar refractivity (Wildman–Crippen MR) is 149 cm³/mol. The first kappa shape index (κ1) is 25.4. The third-order valence-electron chi connectivity index (χ3n) is 9.33. The molecule has 1 fully saturated rings. The van der Waals surface area contributed by atoms with Crippen LogP contribution >= 0.6 is 0 Å². The Balaban J connectivity index is 1.68. The first-order chi connectivity index (χ1) is 16.0. The Morgan fingerprint density at radius 2 is 1.44 bits per heavy atom. The zero-order valence-electron chi connectivity index (χ0n) is 22.7. The molecule has 0 amide bonds. The second-order valence-corrected chi connectivity index (χ2v) is 17.2. The summed E-state index contributed by atoms with van der Waals surface area (Å²) in [5.41, 5.74) is 4.13. The number of rotatable bonds is 6. The van der Waals surface area contributed by atoms with Gasteiger partial charge in [0.25, 0.3) is 8.32 Å². The molecule has 0 spiro atoms. The number of benzene rings is 2. The minimum absolute atomic E-state index is 0.0327. The third kappa shape index (κ3) is 4.37. The molecule has 0 unspecified atom stereocenters. The highest BCUT2D eigenvalue weighted by Gasteiger charge is 2.52. The van der Waals surface area contributed by atoms with E-state index in [2.05, 4.69) is 109 Å². The van der Waals surface area contributed by atoms with E-state index < -0.39 is 8.32 Å². The van der Waals surface area contributed by atoms with Gasteiger partial charge in [-0.2, -0.15) is 0 Å². The SMILES string of the molecule is CC1=C(CCO[Si](c2ccccc2)(c2ccccc2)C(C)(C)C)[C@@]2(C)CCCC(C)(C)[C@@H]2CC1. The lowest BCUT2D eigenvalue weighted by molar-refractivity contribution is 0.00921. The van der Waals surface area contributed by atoms with E-state index in [1.165, 1.54) is 42.5 Å². The van der Waals surface area contributed by atoms with Crippen molar-refractivity contribution in [2.24, 2.45) is 16.7 Å². The van der Waals surface area contributed by atoms with Gasteiger partial charge in [0.15, 0.2) is 0 Å². The van der Waals surface area contributed by atoms with E-state index in [0.29, 0.717) is 10.8 Å². The Morgan fingerprint density at radius 3 is 1.97 bits per heavy atom. The number of hydrogen-bond donors (Lipinski definition) is 0. The Labute approximate surface area is 210 Å². The Hall–Kier alpha value is -1.64. The Kier molecular flexibility index (Phi) is 7.06. The van der Waals surface area contributed by atoms with Gasteiger partial charge < -0.3 is 4.43 Å². The maximum atomic E-state index is 7.30. The van der Waals surface area contributed by atoms with Crippen molar-refractivity contribution in [2.75, 3.05) is 6.61 Å². The smallest absolute Gasteiger partial charge is 0.261 e. The van der Waals surface area contributed by atoms with Crippen LogP contribution in [0.25, 0.3) is 0 Å². The van der Waals surface area contributed by atoms with Crippen LogP contribution in [-0.2, 0) is 4.43 Å². The monoisotopic (exact) mass is 474 g/mol. The van der Waals surface area contributed by atoms with E-state index in [9.17, 15) is 0 Å². The van der Waals surface area contributed by atoms with E-state index in [4.69, 9.17) is 4.43 Å². The summed E-state index contributed by atoms with van der Waals surface area (Å²) in [6, 6.07) is 22.2. The van der Waals surface area contributed by atoms with E-state index in [0.717, 1.165) is 18.9 Å². The Bertz CT molecular complexity index is 959. The largest absolute Gasteiger partial charge is 0.407 e. The van der Waals surface area contributed by atoms with Crippen LogP contribution in [0.3, 0.4) is 0 Å². The third-order valence-corrected chi connectivity index (χ3v) is 14.4. The molecule has 1 nitrogen and oxygen atoms in total. The average Bonchev–Trinajstić information content (AvgIpc) is 2.78. The summed E-state index contributed by atoms with van der Waals surface area (Å²) < 4.78 is 7.30. The summed E-state index contributed by atoms with van der Waals surface area (Å²) in [6.45, 7) is 18.0. The van der Waals surface area contributed by atoms with Crippen molar-refractivity contribution in [1.29, 1.82) is 0 Å². The van der Waals surface area contributed by atoms with Crippen molar-refractivity contribution in [3.05, 3.63) is 71.8 Å². The van der Waals surface area contributed by atoms with Gasteiger partial charge in [0.05, 0.1) is 0 Å². The maximum Gasteiger partial charge on any atom is 0.261 e. The molecule has 34 heavy (non-hydrogen) atoms. The minimum atomic E-state index is -2.47. The summed E-state index contributed by atoms with van der Waals surface area (Å²) in [5.74, 6) is 0.792. The second-order valence-electron chi connectivity index (χ2n) is 12.9. The summed E-state index contributed by atoms with van der Waals surface area (Å²) in [4.78, 5) is 0. The van der Waals surface area contributed by atoms with E-state index in [-0.39, 0.29) is 5.04 Å². The van der Waals surface area contributed by atoms with Gasteiger partial charge in [0, 0.05) is 6.61 Å². The fraction of sp³-hybridized carbons (Fsp3) is 0.562. The van der Waals surface area contributed by atoms with Gasteiger partial charge >= 0.3 is 0 Å². The molecule has 2 aliphatic carbocycles. The molecule has 0 N–H and O–H groups in total. The lowest BCUT2D eigenvalue weighted by Crippen LogP contribution is -2.66. The molecule has 2 aromatic rings. The van der Waals surface area contributed by atoms with Crippen molar-refractivity contribution in [3.8, 4) is 0 Å². The molecule has 0 aliphatic heterocycles. The van der Waals surface area contributed by atoms with Crippen molar-refractivity contribution < 1.29 is 4.43 Å². The van der Waals surface area contributed by atoms with Crippen LogP contribution in [0.2, 0.25) is 5.04 Å². The fourth-order valence-corrected chi connectivity index (χ4v) is 12.3. The van der Waals surface area contributed by atoms with Crippen molar-refractivity contribution in [2.45, 2.75) is 92.0 Å². The molecule has 2 atom stereocenters. The van der Waals surface area contributed by atoms with Crippen LogP contribution in [0.1, 0.15) is 87.0 Å². The first-order valence-electron chi connectivity index (χ1n) is 13.5. The van der Waals surface area contributed by atoms with Crippen LogP contribution in [0.4, 0.5) is 0 Å². The van der Waals surface area contributed by atoms with E-state index >= 15 is 0 Å². The zero-order valence-corrected chi connectivity index (χ0v) is 23.7.